The number of aryl methyl sites for hydroxylation is 1. The quantitative estimate of drug-likeness (QED) is 0.171. The van der Waals surface area contributed by atoms with Crippen molar-refractivity contribution in [1.82, 2.24) is 14.8 Å². The molecule has 50 heavy (non-hydrogen) atoms. The summed E-state index contributed by atoms with van der Waals surface area (Å²) < 4.78 is 69.8. The Morgan fingerprint density at radius 2 is 1.46 bits per heavy atom. The number of hydrogen-bond donors (Lipinski definition) is 3. The molecule has 2 aliphatic heterocycles. The number of alkyl carbamates (subject to hydrolysis) is 1. The molecule has 0 radical (unpaired) electrons. The van der Waals surface area contributed by atoms with E-state index in [-0.39, 0.29) is 34.6 Å². The van der Waals surface area contributed by atoms with Gasteiger partial charge >= 0.3 is 6.09 Å². The van der Waals surface area contributed by atoms with Gasteiger partial charge in [0.15, 0.2) is 0 Å². The summed E-state index contributed by atoms with van der Waals surface area (Å²) in [4.78, 5) is 11.6. The molecular formula is C36H54BrN3O8S2. The Bertz CT molecular complexity index is 1640. The molecule has 1 amide bonds. The summed E-state index contributed by atoms with van der Waals surface area (Å²) in [7, 11) is -6.86. The summed E-state index contributed by atoms with van der Waals surface area (Å²) >= 11 is 3.28. The molecule has 4 rings (SSSR count). The molecule has 0 aromatic heterocycles. The normalized spacial score (nSPS) is 18.6. The monoisotopic (exact) mass is 799 g/mol. The highest BCUT2D eigenvalue weighted by atomic mass is 79.9. The third-order valence-electron chi connectivity index (χ3n) is 7.26. The van der Waals surface area contributed by atoms with E-state index in [9.17, 15) is 21.6 Å². The van der Waals surface area contributed by atoms with Crippen LogP contribution in [0.2, 0.25) is 0 Å². The Kier molecular flexibility index (Phi) is 18.1. The Balaban J connectivity index is 0.000000268. The third-order valence-corrected chi connectivity index (χ3v) is 10.7. The van der Waals surface area contributed by atoms with Crippen LogP contribution in [0.15, 0.2) is 50.7 Å². The number of carbonyl (C=O) groups is 1. The molecule has 3 N–H and O–H groups in total. The van der Waals surface area contributed by atoms with Gasteiger partial charge < -0.3 is 19.5 Å². The second-order valence-electron chi connectivity index (χ2n) is 13.2. The van der Waals surface area contributed by atoms with Gasteiger partial charge in [-0.2, -0.15) is 0 Å². The van der Waals surface area contributed by atoms with Gasteiger partial charge in [-0.15, -0.1) is 12.3 Å². The molecule has 2 atom stereocenters. The minimum Gasteiger partial charge on any atom is -0.488 e. The summed E-state index contributed by atoms with van der Waals surface area (Å²) in [6.07, 6.45) is 14.1. The van der Waals surface area contributed by atoms with Crippen molar-refractivity contribution in [2.24, 2.45) is 0 Å². The lowest BCUT2D eigenvalue weighted by Gasteiger charge is -2.19. The fourth-order valence-corrected chi connectivity index (χ4v) is 7.53. The molecule has 0 saturated heterocycles. The zero-order valence-electron chi connectivity index (χ0n) is 30.1. The van der Waals surface area contributed by atoms with Crippen molar-refractivity contribution in [3.63, 3.8) is 0 Å². The van der Waals surface area contributed by atoms with Crippen LogP contribution in [0.4, 0.5) is 4.79 Å². The largest absolute Gasteiger partial charge is 0.488 e. The summed E-state index contributed by atoms with van der Waals surface area (Å²) in [6, 6.07) is 10.3. The molecule has 280 valence electrons. The summed E-state index contributed by atoms with van der Waals surface area (Å²) in [6.45, 7) is 12.6. The van der Waals surface area contributed by atoms with Gasteiger partial charge in [0.05, 0.1) is 0 Å². The molecule has 0 spiro atoms. The Morgan fingerprint density at radius 3 is 2.02 bits per heavy atom. The van der Waals surface area contributed by atoms with Crippen molar-refractivity contribution >= 4 is 42.1 Å². The number of hydrogen-bond acceptors (Lipinski definition) is 8. The number of terminal acetylenes is 1. The van der Waals surface area contributed by atoms with Crippen LogP contribution in [0.3, 0.4) is 0 Å². The molecule has 2 aromatic rings. The molecule has 0 bridgehead atoms. The molecule has 0 saturated carbocycles. The number of rotatable bonds is 10. The number of benzene rings is 2. The van der Waals surface area contributed by atoms with Gasteiger partial charge in [-0.1, -0.05) is 54.6 Å². The second-order valence-corrected chi connectivity index (χ2v) is 17.6. The van der Waals surface area contributed by atoms with Crippen molar-refractivity contribution in [2.45, 2.75) is 127 Å². The lowest BCUT2D eigenvalue weighted by Crippen LogP contribution is -2.32. The number of ether oxygens (including phenoxy) is 3. The first-order valence-electron chi connectivity index (χ1n) is 17.1. The van der Waals surface area contributed by atoms with Crippen LogP contribution in [0.25, 0.3) is 0 Å². The van der Waals surface area contributed by atoms with Crippen molar-refractivity contribution in [3.8, 4) is 23.8 Å². The van der Waals surface area contributed by atoms with Crippen LogP contribution in [0.1, 0.15) is 98.5 Å². The maximum Gasteiger partial charge on any atom is 0.407 e. The lowest BCUT2D eigenvalue weighted by molar-refractivity contribution is 0.0527. The molecule has 11 nitrogen and oxygen atoms in total. The second kappa shape index (κ2) is 20.9. The molecule has 0 unspecified atom stereocenters. The van der Waals surface area contributed by atoms with Crippen LogP contribution >= 0.6 is 15.9 Å². The zero-order chi connectivity index (χ0) is 37.4. The van der Waals surface area contributed by atoms with Gasteiger partial charge in [-0.25, -0.2) is 31.1 Å². The first-order chi connectivity index (χ1) is 23.5. The Morgan fingerprint density at radius 1 is 0.900 bits per heavy atom. The number of halogens is 1. The molecule has 2 aromatic carbocycles. The van der Waals surface area contributed by atoms with Gasteiger partial charge in [0, 0.05) is 30.5 Å². The molecule has 14 heteroatoms. The average molecular weight is 801 g/mol. The van der Waals surface area contributed by atoms with E-state index in [0.29, 0.717) is 24.6 Å². The SMILES string of the molecule is C#CCCCCNC(=O)OC(C)(C)C.CCCCCCCc1ccc2c(c1)O[C@H](C)CNS2(=O)=O.C[C@@H]1CNS(=O)(=O)c2ccc(Br)cc2O1. The highest BCUT2D eigenvalue weighted by Gasteiger charge is 2.26. The summed E-state index contributed by atoms with van der Waals surface area (Å²) in [5.41, 5.74) is 0.720. The van der Waals surface area contributed by atoms with Gasteiger partial charge in [-0.05, 0) is 96.2 Å². The number of fused-ring (bicyclic) bond motifs is 2. The van der Waals surface area contributed by atoms with Crippen molar-refractivity contribution < 1.29 is 35.8 Å². The molecule has 2 aliphatic rings. The predicted octanol–water partition coefficient (Wildman–Crippen LogP) is 7.08. The number of nitrogens with one attached hydrogen (secondary N) is 3. The van der Waals surface area contributed by atoms with Crippen LogP contribution < -0.4 is 24.2 Å². The van der Waals surface area contributed by atoms with E-state index in [2.05, 4.69) is 43.5 Å². The number of sulfonamides is 2. The molecular weight excluding hydrogens is 746 g/mol. The Labute approximate surface area is 308 Å². The number of carbonyl (C=O) groups excluding carboxylic acids is 1. The van der Waals surface area contributed by atoms with E-state index in [1.54, 1.807) is 18.2 Å². The minimum absolute atomic E-state index is 0.152. The third kappa shape index (κ3) is 16.0. The van der Waals surface area contributed by atoms with E-state index in [1.807, 2.05) is 46.8 Å². The predicted molar refractivity (Wildman–Crippen MR) is 201 cm³/mol. The van der Waals surface area contributed by atoms with E-state index in [0.717, 1.165) is 42.1 Å². The Hall–Kier alpha value is -2.83. The van der Waals surface area contributed by atoms with Crippen molar-refractivity contribution in [2.75, 3.05) is 19.6 Å². The maximum absolute atomic E-state index is 12.1. The molecule has 2 heterocycles. The standard InChI is InChI=1S/C16H25NO3S.C11H19NO2.C9H10BrNO3S/c1-3-4-5-6-7-8-14-9-10-16-15(11-14)20-13(2)12-17-21(16,18)19;1-5-6-7-8-9-12-10(13)14-11(2,3)4;1-6-5-11-15(12,13)9-3-2-7(10)4-8(9)14-6/h9-11,13,17H,3-8,12H2,1-2H3;1H,6-9H2,2-4H3,(H,12,13);2-4,6,11H,5H2,1H3/t13-;;6-/m1.1/s1. The van der Waals surface area contributed by atoms with Gasteiger partial charge in [0.1, 0.15) is 39.1 Å². The fourth-order valence-electron chi connectivity index (χ4n) is 4.73. The van der Waals surface area contributed by atoms with E-state index in [1.165, 1.54) is 31.7 Å². The van der Waals surface area contributed by atoms with Gasteiger partial charge in [0.2, 0.25) is 20.0 Å². The molecule has 0 aliphatic carbocycles. The molecule has 0 fully saturated rings. The average Bonchev–Trinajstić information content (AvgIpc) is 3.21. The van der Waals surface area contributed by atoms with E-state index in [4.69, 9.17) is 20.6 Å². The topological polar surface area (TPSA) is 149 Å². The first kappa shape index (κ1) is 43.3. The van der Waals surface area contributed by atoms with Crippen molar-refractivity contribution in [3.05, 3.63) is 46.4 Å². The number of amides is 1. The van der Waals surface area contributed by atoms with Crippen LogP contribution in [0.5, 0.6) is 11.5 Å². The van der Waals surface area contributed by atoms with Crippen LogP contribution in [-0.4, -0.2) is 60.4 Å². The zero-order valence-corrected chi connectivity index (χ0v) is 33.4. The fraction of sp³-hybridized carbons (Fsp3) is 0.583. The van der Waals surface area contributed by atoms with Crippen LogP contribution in [-0.2, 0) is 31.2 Å². The van der Waals surface area contributed by atoms with Gasteiger partial charge in [0.25, 0.3) is 0 Å². The number of unbranched alkanes of at least 4 members (excludes halogenated alkanes) is 6. The minimum atomic E-state index is -3.44. The summed E-state index contributed by atoms with van der Waals surface area (Å²) in [5, 5.41) is 2.67. The summed E-state index contributed by atoms with van der Waals surface area (Å²) in [5.74, 6) is 3.43. The van der Waals surface area contributed by atoms with Crippen molar-refractivity contribution in [1.29, 1.82) is 0 Å². The van der Waals surface area contributed by atoms with E-state index >= 15 is 0 Å². The van der Waals surface area contributed by atoms with Crippen LogP contribution in [0, 0.1) is 12.3 Å². The highest BCUT2D eigenvalue weighted by molar-refractivity contribution is 9.10. The van der Waals surface area contributed by atoms with E-state index < -0.39 is 25.6 Å². The lowest BCUT2D eigenvalue weighted by atomic mass is 10.1. The smallest absolute Gasteiger partial charge is 0.407 e. The maximum atomic E-state index is 12.1. The van der Waals surface area contributed by atoms with Gasteiger partial charge in [-0.3, -0.25) is 0 Å². The highest BCUT2D eigenvalue weighted by Crippen LogP contribution is 2.30. The first-order valence-corrected chi connectivity index (χ1v) is 20.9.